The van der Waals surface area contributed by atoms with Crippen LogP contribution in [-0.2, 0) is 4.74 Å². The second-order valence-corrected chi connectivity index (χ2v) is 9.21. The number of methoxy groups -OCH3 is 3. The second kappa shape index (κ2) is 12.1. The first-order valence-corrected chi connectivity index (χ1v) is 11.9. The topological polar surface area (TPSA) is 77.5 Å². The summed E-state index contributed by atoms with van der Waals surface area (Å²) in [6.07, 6.45) is -0.315. The Morgan fingerprint density at radius 2 is 1.69 bits per heavy atom. The Labute approximate surface area is 211 Å². The number of hydrogen-bond acceptors (Lipinski definition) is 6. The summed E-state index contributed by atoms with van der Waals surface area (Å²) in [5.41, 5.74) is 0.993. The molecule has 0 radical (unpaired) electrons. The highest BCUT2D eigenvalue weighted by Gasteiger charge is 2.29. The van der Waals surface area contributed by atoms with Crippen LogP contribution in [0, 0.1) is 5.92 Å². The minimum absolute atomic E-state index is 0.0821. The van der Waals surface area contributed by atoms with E-state index in [0.29, 0.717) is 66.2 Å². The van der Waals surface area contributed by atoms with Crippen molar-refractivity contribution < 1.29 is 28.5 Å². The zero-order chi connectivity index (χ0) is 25.5. The van der Waals surface area contributed by atoms with Gasteiger partial charge in [-0.15, -0.1) is 0 Å². The Hall–Kier alpha value is -2.97. The maximum atomic E-state index is 13.6. The third kappa shape index (κ3) is 6.58. The molecule has 35 heavy (non-hydrogen) atoms. The SMILES string of the molecule is COc1cc(C(=O)N(CC(C)C)C[C@H]2CN(C(=O)c3ccc(Cl)cc3)CCO2)cc(OC)c1OC. The third-order valence-corrected chi connectivity index (χ3v) is 5.98. The highest BCUT2D eigenvalue weighted by atomic mass is 35.5. The monoisotopic (exact) mass is 504 g/mol. The lowest BCUT2D eigenvalue weighted by molar-refractivity contribution is -0.0340. The lowest BCUT2D eigenvalue weighted by Crippen LogP contribution is -2.51. The fourth-order valence-corrected chi connectivity index (χ4v) is 4.23. The van der Waals surface area contributed by atoms with Crippen LogP contribution in [0.3, 0.4) is 0 Å². The quantitative estimate of drug-likeness (QED) is 0.513. The molecule has 1 atom stereocenters. The zero-order valence-electron chi connectivity index (χ0n) is 20.9. The molecule has 2 amide bonds. The normalized spacial score (nSPS) is 15.6. The summed E-state index contributed by atoms with van der Waals surface area (Å²) in [6.45, 7) is 6.25. The summed E-state index contributed by atoms with van der Waals surface area (Å²) in [5, 5.41) is 0.580. The van der Waals surface area contributed by atoms with Gasteiger partial charge in [0.05, 0.1) is 34.0 Å². The standard InChI is InChI=1S/C26H33ClN2O6/c1-17(2)14-29(26(31)19-12-22(32-3)24(34-5)23(13-19)33-4)16-21-15-28(10-11-35-21)25(30)18-6-8-20(27)9-7-18/h6-9,12-13,17,21H,10-11,14-16H2,1-5H3/t21-/m1/s1. The molecule has 190 valence electrons. The first-order chi connectivity index (χ1) is 16.8. The van der Waals surface area contributed by atoms with E-state index in [-0.39, 0.29) is 23.8 Å². The van der Waals surface area contributed by atoms with E-state index in [9.17, 15) is 9.59 Å². The molecule has 0 saturated carbocycles. The van der Waals surface area contributed by atoms with E-state index in [1.807, 2.05) is 13.8 Å². The molecular formula is C26H33ClN2O6. The van der Waals surface area contributed by atoms with Crippen LogP contribution in [0.25, 0.3) is 0 Å². The highest BCUT2D eigenvalue weighted by molar-refractivity contribution is 6.30. The molecule has 1 fully saturated rings. The van der Waals surface area contributed by atoms with Crippen molar-refractivity contribution in [1.82, 2.24) is 9.80 Å². The van der Waals surface area contributed by atoms with Crippen LogP contribution in [-0.4, -0.2) is 81.8 Å². The highest BCUT2D eigenvalue weighted by Crippen LogP contribution is 2.38. The minimum Gasteiger partial charge on any atom is -0.493 e. The van der Waals surface area contributed by atoms with Gasteiger partial charge in [-0.2, -0.15) is 0 Å². The average Bonchev–Trinajstić information content (AvgIpc) is 2.86. The third-order valence-electron chi connectivity index (χ3n) is 5.73. The van der Waals surface area contributed by atoms with E-state index in [1.54, 1.807) is 46.2 Å². The number of rotatable bonds is 9. The smallest absolute Gasteiger partial charge is 0.254 e. The van der Waals surface area contributed by atoms with Crippen molar-refractivity contribution in [2.45, 2.75) is 20.0 Å². The Morgan fingerprint density at radius 3 is 2.23 bits per heavy atom. The van der Waals surface area contributed by atoms with Crippen LogP contribution in [0.2, 0.25) is 5.02 Å². The van der Waals surface area contributed by atoms with Crippen LogP contribution in [0.4, 0.5) is 0 Å². The van der Waals surface area contributed by atoms with E-state index >= 15 is 0 Å². The van der Waals surface area contributed by atoms with Gasteiger partial charge in [0.1, 0.15) is 0 Å². The molecule has 0 aliphatic carbocycles. The molecule has 0 bridgehead atoms. The van der Waals surface area contributed by atoms with Crippen molar-refractivity contribution in [2.24, 2.45) is 5.92 Å². The van der Waals surface area contributed by atoms with Gasteiger partial charge in [0.25, 0.3) is 11.8 Å². The fourth-order valence-electron chi connectivity index (χ4n) is 4.10. The second-order valence-electron chi connectivity index (χ2n) is 8.77. The van der Waals surface area contributed by atoms with E-state index in [4.69, 9.17) is 30.5 Å². The Morgan fingerprint density at radius 1 is 1.06 bits per heavy atom. The van der Waals surface area contributed by atoms with E-state index in [0.717, 1.165) is 0 Å². The molecule has 2 aromatic rings. The number of benzene rings is 2. The molecule has 0 aromatic heterocycles. The van der Waals surface area contributed by atoms with E-state index < -0.39 is 0 Å². The fraction of sp³-hybridized carbons (Fsp3) is 0.462. The van der Waals surface area contributed by atoms with E-state index in [2.05, 4.69) is 0 Å². The number of carbonyl (C=O) groups is 2. The molecule has 0 spiro atoms. The van der Waals surface area contributed by atoms with Crippen molar-refractivity contribution in [3.8, 4) is 17.2 Å². The summed E-state index contributed by atoms with van der Waals surface area (Å²) >= 11 is 5.95. The molecule has 1 aliphatic rings. The van der Waals surface area contributed by atoms with Gasteiger partial charge in [-0.05, 0) is 42.3 Å². The lowest BCUT2D eigenvalue weighted by atomic mass is 10.1. The molecule has 1 heterocycles. The molecule has 1 saturated heterocycles. The van der Waals surface area contributed by atoms with Crippen LogP contribution in [0.15, 0.2) is 36.4 Å². The van der Waals surface area contributed by atoms with Gasteiger partial charge < -0.3 is 28.7 Å². The maximum absolute atomic E-state index is 13.6. The van der Waals surface area contributed by atoms with Gasteiger partial charge in [-0.1, -0.05) is 25.4 Å². The van der Waals surface area contributed by atoms with Gasteiger partial charge in [-0.3, -0.25) is 9.59 Å². The van der Waals surface area contributed by atoms with Crippen LogP contribution in [0.1, 0.15) is 34.6 Å². The van der Waals surface area contributed by atoms with Crippen LogP contribution in [0.5, 0.6) is 17.2 Å². The van der Waals surface area contributed by atoms with Crippen molar-refractivity contribution >= 4 is 23.4 Å². The van der Waals surface area contributed by atoms with Gasteiger partial charge in [0, 0.05) is 42.3 Å². The van der Waals surface area contributed by atoms with Crippen LogP contribution >= 0.6 is 11.6 Å². The zero-order valence-corrected chi connectivity index (χ0v) is 21.6. The summed E-state index contributed by atoms with van der Waals surface area (Å²) in [7, 11) is 4.55. The molecule has 0 unspecified atom stereocenters. The molecule has 9 heteroatoms. The number of halogens is 1. The first-order valence-electron chi connectivity index (χ1n) is 11.5. The van der Waals surface area contributed by atoms with Crippen LogP contribution < -0.4 is 14.2 Å². The van der Waals surface area contributed by atoms with Gasteiger partial charge in [-0.25, -0.2) is 0 Å². The Balaban J connectivity index is 1.79. The largest absolute Gasteiger partial charge is 0.493 e. The lowest BCUT2D eigenvalue weighted by Gasteiger charge is -2.36. The predicted molar refractivity (Wildman–Crippen MR) is 134 cm³/mol. The number of hydrogen-bond donors (Lipinski definition) is 0. The summed E-state index contributed by atoms with van der Waals surface area (Å²) in [6, 6.07) is 10.1. The number of amides is 2. The summed E-state index contributed by atoms with van der Waals surface area (Å²) < 4.78 is 22.2. The Kier molecular flexibility index (Phi) is 9.23. The average molecular weight is 505 g/mol. The molecule has 0 N–H and O–H groups in total. The van der Waals surface area contributed by atoms with E-state index in [1.165, 1.54) is 21.3 Å². The number of carbonyl (C=O) groups excluding carboxylic acids is 2. The molecule has 1 aliphatic heterocycles. The number of morpholine rings is 1. The van der Waals surface area contributed by atoms with Crippen molar-refractivity contribution in [2.75, 3.05) is 54.1 Å². The molecule has 2 aromatic carbocycles. The van der Waals surface area contributed by atoms with Gasteiger partial charge in [0.15, 0.2) is 11.5 Å². The summed E-state index contributed by atoms with van der Waals surface area (Å²) in [4.78, 5) is 30.1. The van der Waals surface area contributed by atoms with Crippen molar-refractivity contribution in [3.63, 3.8) is 0 Å². The van der Waals surface area contributed by atoms with Crippen molar-refractivity contribution in [1.29, 1.82) is 0 Å². The molecular weight excluding hydrogens is 472 g/mol. The molecule has 8 nitrogen and oxygen atoms in total. The number of ether oxygens (including phenoxy) is 4. The minimum atomic E-state index is -0.315. The van der Waals surface area contributed by atoms with Gasteiger partial charge >= 0.3 is 0 Å². The Bertz CT molecular complexity index is 1000. The maximum Gasteiger partial charge on any atom is 0.254 e. The predicted octanol–water partition coefficient (Wildman–Crippen LogP) is 4.01. The number of nitrogens with zero attached hydrogens (tertiary/aromatic N) is 2. The summed E-state index contributed by atoms with van der Waals surface area (Å²) in [5.74, 6) is 1.22. The first kappa shape index (κ1) is 26.6. The van der Waals surface area contributed by atoms with Crippen molar-refractivity contribution in [3.05, 3.63) is 52.5 Å². The molecule has 3 rings (SSSR count). The van der Waals surface area contributed by atoms with Gasteiger partial charge in [0.2, 0.25) is 5.75 Å².